The lowest BCUT2D eigenvalue weighted by Gasteiger charge is -2.09. The molecule has 0 amide bonds. The van der Waals surface area contributed by atoms with E-state index in [0.29, 0.717) is 12.1 Å². The number of nitro benzene ring substituents is 2. The summed E-state index contributed by atoms with van der Waals surface area (Å²) in [5, 5.41) is 40.4. The number of aromatic nitrogens is 3. The van der Waals surface area contributed by atoms with Crippen LogP contribution in [0.2, 0.25) is 0 Å². The molecule has 1 aromatic heterocycles. The molecule has 15 heteroatoms. The van der Waals surface area contributed by atoms with E-state index < -0.39 is 38.5 Å². The molecular weight excluding hydrogens is 344 g/mol. The highest BCUT2D eigenvalue weighted by Crippen LogP contribution is 2.31. The number of nitrogen functional groups attached to an aromatic ring is 3. The summed E-state index contributed by atoms with van der Waals surface area (Å²) in [6.07, 6.45) is 0. The molecule has 0 saturated heterocycles. The average Bonchev–Trinajstić information content (AvgIpc) is 2.45. The Balaban J connectivity index is 0.000000293. The minimum absolute atomic E-state index is 0.0729. The van der Waals surface area contributed by atoms with Crippen molar-refractivity contribution in [1.29, 1.82) is 0 Å². The van der Waals surface area contributed by atoms with Crippen molar-refractivity contribution >= 4 is 35.2 Å². The molecule has 0 radical (unpaired) electrons. The molecule has 8 N–H and O–H groups in total. The molecule has 15 nitrogen and oxygen atoms in total. The third kappa shape index (κ3) is 4.84. The van der Waals surface area contributed by atoms with Gasteiger partial charge in [0.15, 0.2) is 0 Å². The second kappa shape index (κ2) is 7.31. The van der Waals surface area contributed by atoms with Gasteiger partial charge >= 0.3 is 23.8 Å². The molecule has 25 heavy (non-hydrogen) atoms. The highest BCUT2D eigenvalue weighted by Gasteiger charge is 2.21. The number of nitro groups is 2. The van der Waals surface area contributed by atoms with Crippen LogP contribution in [0.3, 0.4) is 0 Å². The van der Waals surface area contributed by atoms with E-state index in [0.717, 1.165) is 0 Å². The number of H-pyrrole nitrogens is 1. The van der Waals surface area contributed by atoms with Crippen molar-refractivity contribution in [1.82, 2.24) is 9.97 Å². The van der Waals surface area contributed by atoms with Crippen molar-refractivity contribution in [2.45, 2.75) is 0 Å². The molecule has 0 fully saturated rings. The predicted molar refractivity (Wildman–Crippen MR) is 78.0 cm³/mol. The molecule has 0 aliphatic carbocycles. The van der Waals surface area contributed by atoms with Crippen molar-refractivity contribution in [2.24, 2.45) is 0 Å². The van der Waals surface area contributed by atoms with Gasteiger partial charge in [-0.05, 0) is 5.75 Å². The van der Waals surface area contributed by atoms with Crippen LogP contribution >= 0.6 is 0 Å². The van der Waals surface area contributed by atoms with Crippen LogP contribution in [-0.2, 0) is 0 Å². The number of carboxylic acid groups (broad SMARTS) is 1. The van der Waals surface area contributed by atoms with Crippen LogP contribution in [0.15, 0.2) is 12.1 Å². The van der Waals surface area contributed by atoms with Gasteiger partial charge in [-0.15, -0.1) is 0 Å². The van der Waals surface area contributed by atoms with Gasteiger partial charge < -0.3 is 27.4 Å². The number of benzene rings is 1. The van der Waals surface area contributed by atoms with Crippen molar-refractivity contribution in [3.63, 3.8) is 0 Å². The van der Waals surface area contributed by atoms with Gasteiger partial charge in [0.2, 0.25) is 0 Å². The van der Waals surface area contributed by atoms with E-state index >= 15 is 0 Å². The van der Waals surface area contributed by atoms with Crippen LogP contribution in [0, 0.1) is 20.2 Å². The van der Waals surface area contributed by atoms with E-state index in [1.54, 1.807) is 0 Å². The van der Waals surface area contributed by atoms with E-state index in [1.165, 1.54) is 0 Å². The van der Waals surface area contributed by atoms with E-state index in [-0.39, 0.29) is 17.8 Å². The van der Waals surface area contributed by atoms with E-state index in [4.69, 9.17) is 22.3 Å². The molecule has 2 rings (SSSR count). The summed E-state index contributed by atoms with van der Waals surface area (Å²) in [5.74, 6) is -2.70. The number of hydrogen-bond donors (Lipinski definition) is 4. The summed E-state index contributed by atoms with van der Waals surface area (Å²) in [7, 11) is 0. The van der Waals surface area contributed by atoms with Crippen LogP contribution in [0.1, 0.15) is 10.4 Å². The highest BCUT2D eigenvalue weighted by molar-refractivity contribution is 5.93. The van der Waals surface area contributed by atoms with Gasteiger partial charge in [-0.3, -0.25) is 20.2 Å². The van der Waals surface area contributed by atoms with Crippen molar-refractivity contribution in [3.8, 4) is 5.75 Å². The van der Waals surface area contributed by atoms with Crippen LogP contribution in [-0.4, -0.2) is 30.9 Å². The molecule has 2 aromatic rings. The summed E-state index contributed by atoms with van der Waals surface area (Å²) in [5.41, 5.74) is 12.6. The Morgan fingerprint density at radius 3 is 1.96 bits per heavy atom. The van der Waals surface area contributed by atoms with Crippen molar-refractivity contribution in [2.75, 3.05) is 17.2 Å². The largest absolute Gasteiger partial charge is 0.867 e. The van der Waals surface area contributed by atoms with E-state index in [9.17, 15) is 30.1 Å². The molecule has 0 aliphatic rings. The number of non-ortho nitro benzene ring substituents is 1. The minimum Gasteiger partial charge on any atom is -0.867 e. The van der Waals surface area contributed by atoms with Gasteiger partial charge in [0.25, 0.3) is 11.4 Å². The Labute approximate surface area is 137 Å². The fraction of sp³-hybridized carbons (Fsp3) is 0. The zero-order chi connectivity index (χ0) is 19.3. The highest BCUT2D eigenvalue weighted by atomic mass is 16.6. The lowest BCUT2D eigenvalue weighted by atomic mass is 10.1. The molecular formula is C10H10N8O7. The molecule has 0 spiro atoms. The fourth-order valence-corrected chi connectivity index (χ4v) is 1.46. The molecule has 0 aliphatic heterocycles. The van der Waals surface area contributed by atoms with E-state index in [2.05, 4.69) is 15.0 Å². The maximum absolute atomic E-state index is 11.2. The van der Waals surface area contributed by atoms with Gasteiger partial charge in [-0.1, -0.05) is 9.97 Å². The first-order chi connectivity index (χ1) is 11.5. The number of nitrogens with two attached hydrogens (primary N) is 3. The molecule has 0 bridgehead atoms. The number of rotatable bonds is 3. The number of carbonyl (C=O) groups is 1. The van der Waals surface area contributed by atoms with Gasteiger partial charge in [0.05, 0.1) is 21.5 Å². The summed E-state index contributed by atoms with van der Waals surface area (Å²) in [4.78, 5) is 38.6. The third-order valence-corrected chi connectivity index (χ3v) is 2.42. The number of aromatic carboxylic acids is 1. The average molecular weight is 354 g/mol. The van der Waals surface area contributed by atoms with Gasteiger partial charge in [-0.2, -0.15) is 0 Å². The van der Waals surface area contributed by atoms with Crippen molar-refractivity contribution < 1.29 is 29.8 Å². The van der Waals surface area contributed by atoms with Crippen LogP contribution < -0.4 is 27.3 Å². The number of nitrogens with zero attached hydrogens (tertiary/aromatic N) is 4. The summed E-state index contributed by atoms with van der Waals surface area (Å²) in [6, 6.07) is 0.909. The maximum Gasteiger partial charge on any atom is 0.335 e. The van der Waals surface area contributed by atoms with Gasteiger partial charge in [-0.25, -0.2) is 9.78 Å². The Bertz CT molecular complexity index is 770. The lowest BCUT2D eigenvalue weighted by molar-refractivity contribution is -0.403. The number of hydrogen-bond acceptors (Lipinski definition) is 11. The zero-order valence-corrected chi connectivity index (χ0v) is 12.1. The van der Waals surface area contributed by atoms with Gasteiger partial charge in [0, 0.05) is 6.07 Å². The topological polar surface area (TPSA) is 265 Å². The summed E-state index contributed by atoms with van der Waals surface area (Å²) >= 11 is 0. The summed E-state index contributed by atoms with van der Waals surface area (Å²) < 4.78 is 0. The Morgan fingerprint density at radius 2 is 1.60 bits per heavy atom. The molecule has 1 aromatic carbocycles. The Morgan fingerprint density at radius 1 is 1.08 bits per heavy atom. The maximum atomic E-state index is 11.2. The molecule has 0 saturated carbocycles. The first kappa shape index (κ1) is 18.7. The SMILES string of the molecule is Nc1nc(N)[nH+]c(N)n1.O=C(O)c1cc([N+](=O)[O-])cc([N+](=O)[O-])c1[O-]. The second-order valence-electron chi connectivity index (χ2n) is 4.14. The zero-order valence-electron chi connectivity index (χ0n) is 12.1. The number of carboxylic acids is 1. The van der Waals surface area contributed by atoms with Gasteiger partial charge in [0.1, 0.15) is 0 Å². The van der Waals surface area contributed by atoms with Crippen LogP contribution in [0.4, 0.5) is 29.2 Å². The minimum atomic E-state index is -1.75. The number of aromatic amines is 1. The second-order valence-corrected chi connectivity index (χ2v) is 4.14. The quantitative estimate of drug-likeness (QED) is 0.355. The monoisotopic (exact) mass is 354 g/mol. The van der Waals surface area contributed by atoms with Crippen LogP contribution in [0.5, 0.6) is 5.75 Å². The van der Waals surface area contributed by atoms with E-state index in [1.807, 2.05) is 0 Å². The lowest BCUT2D eigenvalue weighted by Crippen LogP contribution is -2.20. The molecule has 1 heterocycles. The fourth-order valence-electron chi connectivity index (χ4n) is 1.46. The number of anilines is 3. The normalized spacial score (nSPS) is 9.60. The Kier molecular flexibility index (Phi) is 5.48. The van der Waals surface area contributed by atoms with Crippen LogP contribution in [0.25, 0.3) is 0 Å². The summed E-state index contributed by atoms with van der Waals surface area (Å²) in [6.45, 7) is 0. The van der Waals surface area contributed by atoms with Crippen molar-refractivity contribution in [3.05, 3.63) is 37.9 Å². The Hall–Kier alpha value is -4.30. The first-order valence-electron chi connectivity index (χ1n) is 5.97. The molecule has 0 atom stereocenters. The first-order valence-corrected chi connectivity index (χ1v) is 5.97. The number of nitrogens with one attached hydrogen (secondary N) is 1. The third-order valence-electron chi connectivity index (χ3n) is 2.42. The molecule has 132 valence electrons. The predicted octanol–water partition coefficient (Wildman–Crippen LogP) is -1.69. The smallest absolute Gasteiger partial charge is 0.335 e. The molecule has 0 unspecified atom stereocenters. The standard InChI is InChI=1S/C7H4N2O7.C3H6N6/c10-6-4(7(11)12)1-3(8(13)14)2-5(6)9(15)16;4-1-7-2(5)9-3(6)8-1/h1-2,10H,(H,11,12);(H6,4,5,6,7,8,9).